The molecular formula is C15H23NaO2S. The van der Waals surface area contributed by atoms with Crippen molar-refractivity contribution in [3.63, 3.8) is 0 Å². The predicted octanol–water partition coefficient (Wildman–Crippen LogP) is 1.30. The van der Waals surface area contributed by atoms with E-state index in [0.717, 1.165) is 5.56 Å². The molecule has 2 nitrogen and oxygen atoms in total. The van der Waals surface area contributed by atoms with Crippen LogP contribution in [0.15, 0.2) is 17.0 Å². The Balaban J connectivity index is 0.00000324. The van der Waals surface area contributed by atoms with Gasteiger partial charge in [0.05, 0.1) is 0 Å². The van der Waals surface area contributed by atoms with Crippen LogP contribution in [-0.4, -0.2) is 8.76 Å². The molecule has 0 aliphatic heterocycles. The molecule has 1 rings (SSSR count). The summed E-state index contributed by atoms with van der Waals surface area (Å²) >= 11 is -2.16. The van der Waals surface area contributed by atoms with Gasteiger partial charge in [0.25, 0.3) is 0 Å². The van der Waals surface area contributed by atoms with E-state index >= 15 is 0 Å². The van der Waals surface area contributed by atoms with Gasteiger partial charge in [-0.25, -0.2) is 0 Å². The fourth-order valence-corrected chi connectivity index (χ4v) is 3.23. The van der Waals surface area contributed by atoms with Gasteiger partial charge in [0.2, 0.25) is 0 Å². The zero-order valence-corrected chi connectivity index (χ0v) is 15.9. The van der Waals surface area contributed by atoms with E-state index in [1.807, 2.05) is 6.07 Å². The van der Waals surface area contributed by atoms with E-state index in [9.17, 15) is 8.76 Å². The normalized spacial score (nSPS) is 12.9. The Labute approximate surface area is 142 Å². The maximum absolute atomic E-state index is 11.4. The first kappa shape index (κ1) is 19.3. The minimum Gasteiger partial charge on any atom is -0.768 e. The van der Waals surface area contributed by atoms with Crippen molar-refractivity contribution in [2.24, 2.45) is 0 Å². The first-order chi connectivity index (χ1) is 8.27. The van der Waals surface area contributed by atoms with Gasteiger partial charge in [-0.1, -0.05) is 47.6 Å². The smallest absolute Gasteiger partial charge is 0.768 e. The molecule has 0 saturated heterocycles. The first-order valence-corrected chi connectivity index (χ1v) is 7.60. The largest absolute Gasteiger partial charge is 1.00 e. The third-order valence-corrected chi connectivity index (χ3v) is 3.95. The summed E-state index contributed by atoms with van der Waals surface area (Å²) in [5.41, 5.74) is 3.47. The van der Waals surface area contributed by atoms with Crippen LogP contribution >= 0.6 is 0 Å². The average Bonchev–Trinajstić information content (AvgIpc) is 2.26. The quantitative estimate of drug-likeness (QED) is 0.619. The summed E-state index contributed by atoms with van der Waals surface area (Å²) < 4.78 is 22.8. The van der Waals surface area contributed by atoms with Gasteiger partial charge in [0.15, 0.2) is 0 Å². The van der Waals surface area contributed by atoms with Crippen LogP contribution in [0, 0.1) is 0 Å². The second-order valence-electron chi connectivity index (χ2n) is 5.68. The van der Waals surface area contributed by atoms with Crippen molar-refractivity contribution in [1.82, 2.24) is 0 Å². The van der Waals surface area contributed by atoms with Crippen molar-refractivity contribution in [1.29, 1.82) is 0 Å². The summed E-state index contributed by atoms with van der Waals surface area (Å²) in [4.78, 5) is 0.457. The molecule has 19 heavy (non-hydrogen) atoms. The fourth-order valence-electron chi connectivity index (χ4n) is 2.52. The summed E-state index contributed by atoms with van der Waals surface area (Å²) in [6.07, 6.45) is 0. The molecule has 0 aliphatic rings. The molecule has 0 fully saturated rings. The Morgan fingerprint density at radius 1 is 0.895 bits per heavy atom. The SMILES string of the molecule is CC(C)c1ccc(S(=O)[O-])c(C(C)C)c1C(C)C.[Na+]. The van der Waals surface area contributed by atoms with Gasteiger partial charge in [-0.15, -0.1) is 0 Å². The number of hydrogen-bond donors (Lipinski definition) is 0. The molecule has 4 heteroatoms. The van der Waals surface area contributed by atoms with Crippen molar-refractivity contribution < 1.29 is 38.3 Å². The van der Waals surface area contributed by atoms with Gasteiger partial charge in [0, 0.05) is 4.90 Å². The van der Waals surface area contributed by atoms with Crippen LogP contribution in [0.25, 0.3) is 0 Å². The molecule has 1 aromatic carbocycles. The van der Waals surface area contributed by atoms with Crippen LogP contribution in [0.2, 0.25) is 0 Å². The molecule has 0 heterocycles. The maximum atomic E-state index is 11.4. The van der Waals surface area contributed by atoms with Crippen LogP contribution in [0.4, 0.5) is 0 Å². The van der Waals surface area contributed by atoms with E-state index in [1.54, 1.807) is 6.07 Å². The van der Waals surface area contributed by atoms with Gasteiger partial charge in [-0.3, -0.25) is 4.21 Å². The summed E-state index contributed by atoms with van der Waals surface area (Å²) in [6, 6.07) is 3.72. The minimum atomic E-state index is -2.16. The molecule has 0 amide bonds. The maximum Gasteiger partial charge on any atom is 1.00 e. The Morgan fingerprint density at radius 3 is 1.68 bits per heavy atom. The van der Waals surface area contributed by atoms with Crippen LogP contribution in [0.5, 0.6) is 0 Å². The Kier molecular flexibility index (Phi) is 8.08. The third kappa shape index (κ3) is 4.40. The minimum absolute atomic E-state index is 0. The third-order valence-electron chi connectivity index (χ3n) is 3.24. The molecule has 1 aromatic rings. The van der Waals surface area contributed by atoms with Crippen LogP contribution in [0.1, 0.15) is 76.0 Å². The monoisotopic (exact) mass is 290 g/mol. The molecule has 0 aliphatic carbocycles. The van der Waals surface area contributed by atoms with Gasteiger partial charge in [-0.2, -0.15) is 0 Å². The van der Waals surface area contributed by atoms with Crippen LogP contribution < -0.4 is 29.6 Å². The summed E-state index contributed by atoms with van der Waals surface area (Å²) in [6.45, 7) is 12.7. The molecule has 102 valence electrons. The van der Waals surface area contributed by atoms with E-state index in [0.29, 0.717) is 16.7 Å². The Morgan fingerprint density at radius 2 is 1.37 bits per heavy atom. The fraction of sp³-hybridized carbons (Fsp3) is 0.600. The van der Waals surface area contributed by atoms with Gasteiger partial charge in [-0.05, 0) is 51.6 Å². The van der Waals surface area contributed by atoms with Crippen LogP contribution in [0.3, 0.4) is 0 Å². The van der Waals surface area contributed by atoms with Gasteiger partial charge >= 0.3 is 29.6 Å². The molecule has 0 saturated carbocycles. The van der Waals surface area contributed by atoms with E-state index in [2.05, 4.69) is 41.5 Å². The molecule has 1 unspecified atom stereocenters. The number of rotatable bonds is 4. The van der Waals surface area contributed by atoms with E-state index in [4.69, 9.17) is 0 Å². The molecule has 0 bridgehead atoms. The van der Waals surface area contributed by atoms with E-state index in [-0.39, 0.29) is 35.5 Å². The average molecular weight is 290 g/mol. The van der Waals surface area contributed by atoms with Gasteiger partial charge in [0.1, 0.15) is 0 Å². The molecule has 0 aromatic heterocycles. The van der Waals surface area contributed by atoms with Crippen molar-refractivity contribution in [3.05, 3.63) is 28.8 Å². The predicted molar refractivity (Wildman–Crippen MR) is 75.9 cm³/mol. The molecule has 1 atom stereocenters. The summed E-state index contributed by atoms with van der Waals surface area (Å²) in [5, 5.41) is 0. The second-order valence-corrected chi connectivity index (χ2v) is 6.59. The van der Waals surface area contributed by atoms with Crippen molar-refractivity contribution in [2.75, 3.05) is 0 Å². The second kappa shape index (κ2) is 7.94. The molecule has 0 radical (unpaired) electrons. The first-order valence-electron chi connectivity index (χ1n) is 6.53. The Hall–Kier alpha value is 0.330. The van der Waals surface area contributed by atoms with E-state index < -0.39 is 11.1 Å². The van der Waals surface area contributed by atoms with Crippen molar-refractivity contribution >= 4 is 11.1 Å². The molecule has 0 N–H and O–H groups in total. The molecular weight excluding hydrogens is 267 g/mol. The van der Waals surface area contributed by atoms with Crippen LogP contribution in [-0.2, 0) is 11.1 Å². The Bertz CT molecular complexity index is 454. The zero-order chi connectivity index (χ0) is 14.0. The number of hydrogen-bond acceptors (Lipinski definition) is 2. The van der Waals surface area contributed by atoms with Gasteiger partial charge < -0.3 is 4.55 Å². The summed E-state index contributed by atoms with van der Waals surface area (Å²) in [5.74, 6) is 0.964. The number of benzene rings is 1. The zero-order valence-electron chi connectivity index (χ0n) is 13.1. The standard InChI is InChI=1S/C15H24O2S.Na/c1-9(2)12-7-8-13(18(16)17)15(11(5)6)14(12)10(3)4;/h7-11H,1-6H3,(H,16,17);/q;+1/p-1. The summed E-state index contributed by atoms with van der Waals surface area (Å²) in [7, 11) is 0. The van der Waals surface area contributed by atoms with Crippen molar-refractivity contribution in [3.8, 4) is 0 Å². The topological polar surface area (TPSA) is 40.1 Å². The van der Waals surface area contributed by atoms with E-state index in [1.165, 1.54) is 11.1 Å². The van der Waals surface area contributed by atoms with Crippen molar-refractivity contribution in [2.45, 2.75) is 64.2 Å². The molecule has 0 spiro atoms.